The second kappa shape index (κ2) is 12.9. The number of carboxylic acids is 1. The number of anilines is 1. The SMILES string of the molecule is Cc1ccc(CO[C@@H]2CCOC2)c(C(C(=O)O)N2CC[C@@H](C(F)(F)CCCCc3ccc4c(n3)NCCC4)C2)c1. The molecule has 40 heavy (non-hydrogen) atoms. The Morgan fingerprint density at radius 2 is 2.15 bits per heavy atom. The number of benzene rings is 1. The van der Waals surface area contributed by atoms with Gasteiger partial charge in [-0.1, -0.05) is 29.8 Å². The Morgan fingerprint density at radius 3 is 2.95 bits per heavy atom. The molecule has 0 aliphatic carbocycles. The Hall–Kier alpha value is -2.62. The predicted molar refractivity (Wildman–Crippen MR) is 149 cm³/mol. The lowest BCUT2D eigenvalue weighted by molar-refractivity contribution is -0.143. The van der Waals surface area contributed by atoms with Gasteiger partial charge in [0.05, 0.1) is 19.3 Å². The van der Waals surface area contributed by atoms with Crippen molar-refractivity contribution in [3.8, 4) is 0 Å². The van der Waals surface area contributed by atoms with Crippen molar-refractivity contribution in [3.05, 3.63) is 58.3 Å². The zero-order valence-electron chi connectivity index (χ0n) is 23.3. The third-order valence-corrected chi connectivity index (χ3v) is 8.52. The number of hydrogen-bond donors (Lipinski definition) is 2. The van der Waals surface area contributed by atoms with Crippen molar-refractivity contribution >= 4 is 11.8 Å². The molecule has 4 heterocycles. The molecule has 3 aliphatic heterocycles. The molecule has 0 spiro atoms. The van der Waals surface area contributed by atoms with Crippen LogP contribution in [0.1, 0.15) is 72.5 Å². The van der Waals surface area contributed by atoms with E-state index in [0.29, 0.717) is 44.6 Å². The number of carbonyl (C=O) groups is 1. The van der Waals surface area contributed by atoms with Crippen LogP contribution in [0.25, 0.3) is 0 Å². The summed E-state index contributed by atoms with van der Waals surface area (Å²) in [6, 6.07) is 8.81. The highest BCUT2D eigenvalue weighted by Crippen LogP contribution is 2.40. The monoisotopic (exact) mass is 557 g/mol. The van der Waals surface area contributed by atoms with E-state index in [2.05, 4.69) is 16.4 Å². The number of unbranched alkanes of at least 4 members (excludes halogenated alkanes) is 1. The van der Waals surface area contributed by atoms with Crippen LogP contribution in [0.2, 0.25) is 0 Å². The molecule has 1 aromatic heterocycles. The van der Waals surface area contributed by atoms with Gasteiger partial charge in [0.2, 0.25) is 0 Å². The first-order valence-electron chi connectivity index (χ1n) is 14.7. The Morgan fingerprint density at radius 1 is 1.27 bits per heavy atom. The first kappa shape index (κ1) is 28.9. The largest absolute Gasteiger partial charge is 0.480 e. The molecule has 0 radical (unpaired) electrons. The summed E-state index contributed by atoms with van der Waals surface area (Å²) in [5.74, 6) is -3.79. The van der Waals surface area contributed by atoms with Gasteiger partial charge in [0.1, 0.15) is 11.9 Å². The average Bonchev–Trinajstić information content (AvgIpc) is 3.64. The molecule has 5 rings (SSSR count). The summed E-state index contributed by atoms with van der Waals surface area (Å²) < 4.78 is 42.0. The standard InChI is InChI=1S/C31H41F2N3O4/c1-21-7-8-23(19-40-26-12-16-39-20-26)27(17-21)28(30(37)38)36-15-11-24(18-36)31(32,33)13-3-2-6-25-10-9-22-5-4-14-34-29(22)35-25/h7-10,17,24,26,28H,2-6,11-16,18-20H2,1H3,(H,34,35)(H,37,38)/t24-,26-,28?/m1/s1. The number of likely N-dealkylation sites (tertiary alicyclic amines) is 1. The van der Waals surface area contributed by atoms with Crippen LogP contribution >= 0.6 is 0 Å². The fourth-order valence-corrected chi connectivity index (χ4v) is 6.18. The number of aromatic nitrogens is 1. The van der Waals surface area contributed by atoms with E-state index in [0.717, 1.165) is 48.4 Å². The summed E-state index contributed by atoms with van der Waals surface area (Å²) in [4.78, 5) is 18.9. The fraction of sp³-hybridized carbons (Fsp3) is 0.613. The summed E-state index contributed by atoms with van der Waals surface area (Å²) >= 11 is 0. The Kier molecular flexibility index (Phi) is 9.33. The Balaban J connectivity index is 1.17. The van der Waals surface area contributed by atoms with Crippen molar-refractivity contribution in [2.75, 3.05) is 38.2 Å². The van der Waals surface area contributed by atoms with Gasteiger partial charge in [0.25, 0.3) is 5.92 Å². The normalized spacial score (nSPS) is 22.2. The van der Waals surface area contributed by atoms with E-state index in [1.807, 2.05) is 31.2 Å². The molecule has 2 N–H and O–H groups in total. The van der Waals surface area contributed by atoms with E-state index in [1.54, 1.807) is 4.90 Å². The number of hydrogen-bond acceptors (Lipinski definition) is 6. The third kappa shape index (κ3) is 6.98. The quantitative estimate of drug-likeness (QED) is 0.331. The number of nitrogens with one attached hydrogen (secondary N) is 1. The molecular weight excluding hydrogens is 516 g/mol. The van der Waals surface area contributed by atoms with Crippen molar-refractivity contribution < 1.29 is 28.2 Å². The van der Waals surface area contributed by atoms with Crippen molar-refractivity contribution in [2.24, 2.45) is 5.92 Å². The van der Waals surface area contributed by atoms with Crippen LogP contribution in [-0.2, 0) is 33.7 Å². The minimum Gasteiger partial charge on any atom is -0.480 e. The minimum atomic E-state index is -2.84. The van der Waals surface area contributed by atoms with Crippen molar-refractivity contribution in [2.45, 2.75) is 83.0 Å². The molecule has 3 aliphatic rings. The van der Waals surface area contributed by atoms with Crippen LogP contribution in [0.3, 0.4) is 0 Å². The third-order valence-electron chi connectivity index (χ3n) is 8.52. The second-order valence-corrected chi connectivity index (χ2v) is 11.5. The topological polar surface area (TPSA) is 83.9 Å². The molecule has 3 atom stereocenters. The summed E-state index contributed by atoms with van der Waals surface area (Å²) in [5.41, 5.74) is 4.50. The number of alkyl halides is 2. The number of aryl methyl sites for hydroxylation is 3. The summed E-state index contributed by atoms with van der Waals surface area (Å²) in [5, 5.41) is 13.6. The van der Waals surface area contributed by atoms with Gasteiger partial charge in [-0.2, -0.15) is 0 Å². The average molecular weight is 558 g/mol. The molecule has 1 unspecified atom stereocenters. The summed E-state index contributed by atoms with van der Waals surface area (Å²) in [6.07, 6.45) is 4.75. The van der Waals surface area contributed by atoms with Gasteiger partial charge < -0.3 is 19.9 Å². The van der Waals surface area contributed by atoms with Gasteiger partial charge in [-0.25, -0.2) is 13.8 Å². The second-order valence-electron chi connectivity index (χ2n) is 11.5. The lowest BCUT2D eigenvalue weighted by atomic mass is 9.94. The van der Waals surface area contributed by atoms with Crippen LogP contribution in [0, 0.1) is 12.8 Å². The van der Waals surface area contributed by atoms with E-state index in [4.69, 9.17) is 9.47 Å². The number of nitrogens with zero attached hydrogens (tertiary/aromatic N) is 2. The van der Waals surface area contributed by atoms with E-state index in [9.17, 15) is 9.90 Å². The minimum absolute atomic E-state index is 0.00742. The zero-order chi connectivity index (χ0) is 28.1. The van der Waals surface area contributed by atoms with E-state index in [1.165, 1.54) is 5.56 Å². The van der Waals surface area contributed by atoms with Gasteiger partial charge >= 0.3 is 5.97 Å². The molecule has 2 aromatic rings. The Labute approximate surface area is 235 Å². The lowest BCUT2D eigenvalue weighted by Crippen LogP contribution is -2.36. The van der Waals surface area contributed by atoms with Crippen molar-refractivity contribution in [3.63, 3.8) is 0 Å². The number of pyridine rings is 1. The van der Waals surface area contributed by atoms with Gasteiger partial charge in [0.15, 0.2) is 0 Å². The van der Waals surface area contributed by atoms with Crippen LogP contribution in [0.15, 0.2) is 30.3 Å². The molecule has 7 nitrogen and oxygen atoms in total. The number of aliphatic carboxylic acids is 1. The highest BCUT2D eigenvalue weighted by Gasteiger charge is 2.45. The summed E-state index contributed by atoms with van der Waals surface area (Å²) in [7, 11) is 0. The highest BCUT2D eigenvalue weighted by atomic mass is 19.3. The van der Waals surface area contributed by atoms with Crippen molar-refractivity contribution in [1.29, 1.82) is 0 Å². The number of halogens is 2. The van der Waals surface area contributed by atoms with Gasteiger partial charge in [0, 0.05) is 37.7 Å². The smallest absolute Gasteiger partial charge is 0.325 e. The predicted octanol–water partition coefficient (Wildman–Crippen LogP) is 5.55. The van der Waals surface area contributed by atoms with E-state index in [-0.39, 0.29) is 32.1 Å². The first-order chi connectivity index (χ1) is 19.3. The number of carboxylic acid groups (broad SMARTS) is 1. The maximum Gasteiger partial charge on any atom is 0.325 e. The number of rotatable bonds is 12. The molecule has 9 heteroatoms. The summed E-state index contributed by atoms with van der Waals surface area (Å²) in [6.45, 7) is 4.69. The molecular formula is C31H41F2N3O4. The first-order valence-corrected chi connectivity index (χ1v) is 14.7. The van der Waals surface area contributed by atoms with Crippen LogP contribution in [0.5, 0.6) is 0 Å². The number of fused-ring (bicyclic) bond motifs is 1. The fourth-order valence-electron chi connectivity index (χ4n) is 6.18. The molecule has 2 fully saturated rings. The molecule has 0 bridgehead atoms. The van der Waals surface area contributed by atoms with Crippen molar-refractivity contribution in [1.82, 2.24) is 9.88 Å². The molecule has 2 saturated heterocycles. The van der Waals surface area contributed by atoms with Gasteiger partial charge in [-0.3, -0.25) is 9.69 Å². The zero-order valence-corrected chi connectivity index (χ0v) is 23.3. The maximum atomic E-state index is 15.3. The van der Waals surface area contributed by atoms with Crippen LogP contribution in [-0.4, -0.2) is 65.8 Å². The molecule has 0 amide bonds. The lowest BCUT2D eigenvalue weighted by Gasteiger charge is -2.28. The highest BCUT2D eigenvalue weighted by molar-refractivity contribution is 5.76. The molecule has 0 saturated carbocycles. The van der Waals surface area contributed by atoms with E-state index >= 15 is 8.78 Å². The molecule has 1 aromatic carbocycles. The van der Waals surface area contributed by atoms with Gasteiger partial charge in [-0.05, 0) is 81.2 Å². The van der Waals surface area contributed by atoms with Crippen LogP contribution < -0.4 is 5.32 Å². The maximum absolute atomic E-state index is 15.3. The van der Waals surface area contributed by atoms with Crippen LogP contribution in [0.4, 0.5) is 14.6 Å². The Bertz CT molecular complexity index is 1170. The molecule has 218 valence electrons. The van der Waals surface area contributed by atoms with Gasteiger partial charge in [-0.15, -0.1) is 0 Å². The number of ether oxygens (including phenoxy) is 2. The van der Waals surface area contributed by atoms with E-state index < -0.39 is 23.9 Å².